The summed E-state index contributed by atoms with van der Waals surface area (Å²) in [5.74, 6) is 0. The molecule has 1 aromatic heterocycles. The third-order valence-electron chi connectivity index (χ3n) is 3.42. The Morgan fingerprint density at radius 1 is 1.16 bits per heavy atom. The van der Waals surface area contributed by atoms with E-state index in [1.807, 2.05) is 25.1 Å². The van der Waals surface area contributed by atoms with Crippen LogP contribution in [0.4, 0.5) is 0 Å². The third-order valence-corrected chi connectivity index (χ3v) is 4.12. The van der Waals surface area contributed by atoms with Crippen molar-refractivity contribution in [2.24, 2.45) is 0 Å². The summed E-state index contributed by atoms with van der Waals surface area (Å²) in [7, 11) is 0. The highest BCUT2D eigenvalue weighted by Crippen LogP contribution is 2.17. The van der Waals surface area contributed by atoms with Crippen LogP contribution in [-0.2, 0) is 6.42 Å². The first-order chi connectivity index (χ1) is 9.16. The number of aliphatic hydroxyl groups excluding tert-OH is 1. The van der Waals surface area contributed by atoms with E-state index in [-0.39, 0.29) is 18.2 Å². The van der Waals surface area contributed by atoms with Crippen LogP contribution in [0.5, 0.6) is 0 Å². The first kappa shape index (κ1) is 14.3. The van der Waals surface area contributed by atoms with Crippen LogP contribution in [0.25, 0.3) is 0 Å². The van der Waals surface area contributed by atoms with Gasteiger partial charge in [0.1, 0.15) is 0 Å². The van der Waals surface area contributed by atoms with Gasteiger partial charge in [0.15, 0.2) is 0 Å². The van der Waals surface area contributed by atoms with E-state index in [1.165, 1.54) is 11.1 Å². The molecule has 0 spiro atoms. The van der Waals surface area contributed by atoms with Gasteiger partial charge in [0.25, 0.3) is 0 Å². The summed E-state index contributed by atoms with van der Waals surface area (Å²) in [6, 6.07) is 12.6. The first-order valence-electron chi connectivity index (χ1n) is 6.67. The molecule has 2 N–H and O–H groups in total. The van der Waals surface area contributed by atoms with Crippen LogP contribution in [0.2, 0.25) is 0 Å². The zero-order valence-corrected chi connectivity index (χ0v) is 12.2. The second kappa shape index (κ2) is 6.85. The molecule has 0 saturated carbocycles. The lowest BCUT2D eigenvalue weighted by Gasteiger charge is -2.24. The van der Waals surface area contributed by atoms with Crippen molar-refractivity contribution in [2.75, 3.05) is 0 Å². The normalized spacial score (nSPS) is 15.9. The monoisotopic (exact) mass is 275 g/mol. The van der Waals surface area contributed by atoms with Crippen molar-refractivity contribution in [1.29, 1.82) is 0 Å². The molecular weight excluding hydrogens is 254 g/mol. The Balaban J connectivity index is 1.87. The van der Waals surface area contributed by atoms with Gasteiger partial charge in [0.05, 0.1) is 6.10 Å². The van der Waals surface area contributed by atoms with Gasteiger partial charge in [-0.25, -0.2) is 0 Å². The highest BCUT2D eigenvalue weighted by atomic mass is 32.1. The van der Waals surface area contributed by atoms with Gasteiger partial charge in [-0.15, -0.1) is 0 Å². The van der Waals surface area contributed by atoms with Gasteiger partial charge < -0.3 is 10.4 Å². The molecule has 102 valence electrons. The van der Waals surface area contributed by atoms with Crippen molar-refractivity contribution in [3.05, 3.63) is 58.3 Å². The van der Waals surface area contributed by atoms with Crippen LogP contribution >= 0.6 is 11.3 Å². The molecule has 0 fully saturated rings. The maximum absolute atomic E-state index is 10.3. The van der Waals surface area contributed by atoms with Crippen LogP contribution in [-0.4, -0.2) is 17.3 Å². The Kier molecular flexibility index (Phi) is 5.14. The Hall–Kier alpha value is -1.16. The Bertz CT molecular complexity index is 469. The maximum atomic E-state index is 10.3. The topological polar surface area (TPSA) is 32.3 Å². The number of thiophene rings is 1. The number of nitrogens with one attached hydrogen (secondary N) is 1. The Labute approximate surface area is 119 Å². The van der Waals surface area contributed by atoms with E-state index in [0.29, 0.717) is 6.42 Å². The molecule has 0 radical (unpaired) electrons. The molecule has 3 unspecified atom stereocenters. The predicted octanol–water partition coefficient (Wildman–Crippen LogP) is 3.39. The van der Waals surface area contributed by atoms with E-state index in [2.05, 4.69) is 41.2 Å². The van der Waals surface area contributed by atoms with Crippen molar-refractivity contribution in [3.8, 4) is 0 Å². The third kappa shape index (κ3) is 4.16. The second-order valence-corrected chi connectivity index (χ2v) is 5.77. The van der Waals surface area contributed by atoms with Crippen LogP contribution in [0.3, 0.4) is 0 Å². The van der Waals surface area contributed by atoms with E-state index in [0.717, 1.165) is 0 Å². The van der Waals surface area contributed by atoms with Gasteiger partial charge in [-0.05, 0) is 48.2 Å². The smallest absolute Gasteiger partial charge is 0.0730 e. The summed E-state index contributed by atoms with van der Waals surface area (Å²) < 4.78 is 0. The molecule has 2 rings (SSSR count). The number of rotatable bonds is 6. The minimum absolute atomic E-state index is 0.0649. The Morgan fingerprint density at radius 3 is 2.53 bits per heavy atom. The highest BCUT2D eigenvalue weighted by Gasteiger charge is 2.17. The Morgan fingerprint density at radius 2 is 1.89 bits per heavy atom. The summed E-state index contributed by atoms with van der Waals surface area (Å²) in [4.78, 5) is 0. The van der Waals surface area contributed by atoms with Crippen LogP contribution in [0.15, 0.2) is 47.2 Å². The lowest BCUT2D eigenvalue weighted by atomic mass is 10.0. The van der Waals surface area contributed by atoms with Crippen molar-refractivity contribution >= 4 is 11.3 Å². The fraction of sp³-hybridized carbons (Fsp3) is 0.375. The average molecular weight is 275 g/mol. The van der Waals surface area contributed by atoms with E-state index < -0.39 is 0 Å². The predicted molar refractivity (Wildman–Crippen MR) is 81.5 cm³/mol. The van der Waals surface area contributed by atoms with Crippen molar-refractivity contribution in [3.63, 3.8) is 0 Å². The van der Waals surface area contributed by atoms with Gasteiger partial charge in [0.2, 0.25) is 0 Å². The van der Waals surface area contributed by atoms with Crippen LogP contribution in [0, 0.1) is 0 Å². The first-order valence-corrected chi connectivity index (χ1v) is 7.61. The van der Waals surface area contributed by atoms with Gasteiger partial charge in [-0.2, -0.15) is 11.3 Å². The van der Waals surface area contributed by atoms with Gasteiger partial charge in [-0.1, -0.05) is 30.3 Å². The highest BCUT2D eigenvalue weighted by molar-refractivity contribution is 7.07. The molecule has 0 aliphatic rings. The van der Waals surface area contributed by atoms with Gasteiger partial charge >= 0.3 is 0 Å². The molecule has 2 nitrogen and oxygen atoms in total. The van der Waals surface area contributed by atoms with Gasteiger partial charge in [-0.3, -0.25) is 0 Å². The van der Waals surface area contributed by atoms with E-state index in [9.17, 15) is 5.11 Å². The fourth-order valence-corrected chi connectivity index (χ4v) is 2.91. The molecule has 0 aliphatic heterocycles. The van der Waals surface area contributed by atoms with E-state index in [1.54, 1.807) is 11.3 Å². The largest absolute Gasteiger partial charge is 0.391 e. The number of hydrogen-bond acceptors (Lipinski definition) is 3. The van der Waals surface area contributed by atoms with Crippen LogP contribution < -0.4 is 5.32 Å². The zero-order valence-electron chi connectivity index (χ0n) is 11.4. The number of hydrogen-bond donors (Lipinski definition) is 2. The lowest BCUT2D eigenvalue weighted by Crippen LogP contribution is -2.39. The molecule has 3 heteroatoms. The summed E-state index contributed by atoms with van der Waals surface area (Å²) in [5, 5.41) is 17.9. The summed E-state index contributed by atoms with van der Waals surface area (Å²) in [6.45, 7) is 4.17. The molecule has 1 heterocycles. The minimum Gasteiger partial charge on any atom is -0.391 e. The molecule has 19 heavy (non-hydrogen) atoms. The number of benzene rings is 1. The molecular formula is C16H21NOS. The molecule has 2 aromatic rings. The lowest BCUT2D eigenvalue weighted by molar-refractivity contribution is 0.129. The van der Waals surface area contributed by atoms with Crippen LogP contribution in [0.1, 0.15) is 31.0 Å². The quantitative estimate of drug-likeness (QED) is 0.847. The minimum atomic E-state index is -0.372. The van der Waals surface area contributed by atoms with Gasteiger partial charge in [0, 0.05) is 12.1 Å². The molecule has 0 bridgehead atoms. The molecule has 0 saturated heterocycles. The maximum Gasteiger partial charge on any atom is 0.0730 e. The van der Waals surface area contributed by atoms with Crippen molar-refractivity contribution in [1.82, 2.24) is 5.32 Å². The van der Waals surface area contributed by atoms with Crippen molar-refractivity contribution < 1.29 is 5.11 Å². The fourth-order valence-electron chi connectivity index (χ4n) is 2.16. The van der Waals surface area contributed by atoms with E-state index in [4.69, 9.17) is 0 Å². The molecule has 3 atom stereocenters. The van der Waals surface area contributed by atoms with E-state index >= 15 is 0 Å². The SMILES string of the molecule is CC(NC(C)C(O)Cc1ccccc1)c1ccsc1. The second-order valence-electron chi connectivity index (χ2n) is 4.99. The standard InChI is InChI=1S/C16H21NOS/c1-12(15-8-9-19-11-15)17-13(2)16(18)10-14-6-4-3-5-7-14/h3-9,11-13,16-18H,10H2,1-2H3. The summed E-state index contributed by atoms with van der Waals surface area (Å²) >= 11 is 1.70. The number of aliphatic hydroxyl groups is 1. The summed E-state index contributed by atoms with van der Waals surface area (Å²) in [6.07, 6.45) is 0.314. The average Bonchev–Trinajstić information content (AvgIpc) is 2.93. The molecule has 0 amide bonds. The van der Waals surface area contributed by atoms with Crippen molar-refractivity contribution in [2.45, 2.75) is 38.5 Å². The summed E-state index contributed by atoms with van der Waals surface area (Å²) in [5.41, 5.74) is 2.45. The zero-order chi connectivity index (χ0) is 13.7. The molecule has 1 aromatic carbocycles. The molecule has 0 aliphatic carbocycles.